The van der Waals surface area contributed by atoms with Gasteiger partial charge in [0.05, 0.1) is 55.1 Å². The molecule has 4 heterocycles. The van der Waals surface area contributed by atoms with Crippen molar-refractivity contribution in [3.8, 4) is 100 Å². The van der Waals surface area contributed by atoms with Crippen LogP contribution in [0.2, 0.25) is 0 Å². The number of aromatic nitrogens is 2. The van der Waals surface area contributed by atoms with E-state index in [0.29, 0.717) is 0 Å². The van der Waals surface area contributed by atoms with E-state index >= 15 is 0 Å². The summed E-state index contributed by atoms with van der Waals surface area (Å²) in [4.78, 5) is 5.19. The third-order valence-electron chi connectivity index (χ3n) is 32.7. The number of hydrogen-bond donors (Lipinski definition) is 0. The van der Waals surface area contributed by atoms with Crippen LogP contribution < -0.4 is 9.80 Å². The minimum absolute atomic E-state index is 0.574. The van der Waals surface area contributed by atoms with Crippen LogP contribution in [0.3, 0.4) is 0 Å². The normalized spacial score (nSPS) is 14.9. The minimum atomic E-state index is -0.836. The largest absolute Gasteiger partial charge is 0.310 e. The molecule has 7 aliphatic rings. The first kappa shape index (κ1) is 77.3. The second-order valence-corrected chi connectivity index (χ2v) is 39.0. The molecule has 31 rings (SSSR count). The highest BCUT2D eigenvalue weighted by Crippen LogP contribution is 2.69. The Bertz CT molecular complexity index is 9350. The first-order valence-electron chi connectivity index (χ1n) is 49.0. The Morgan fingerprint density at radius 1 is 0.143 bits per heavy atom. The summed E-state index contributed by atoms with van der Waals surface area (Å²) >= 11 is 0. The van der Waals surface area contributed by atoms with Gasteiger partial charge in [-0.05, 0) is 287 Å². The Kier molecular flexibility index (Phi) is 15.9. The number of para-hydroxylation sites is 4. The lowest BCUT2D eigenvalue weighted by atomic mass is 9.65. The second kappa shape index (κ2) is 28.8. The van der Waals surface area contributed by atoms with E-state index in [4.69, 9.17) is 0 Å². The summed E-state index contributed by atoms with van der Waals surface area (Å²) in [7, 11) is 0. The van der Waals surface area contributed by atoms with Crippen molar-refractivity contribution >= 4 is 77.7 Å². The van der Waals surface area contributed by atoms with Crippen LogP contribution in [0.1, 0.15) is 89.0 Å². The molecule has 2 aromatic heterocycles. The summed E-state index contributed by atoms with van der Waals surface area (Å²) in [6.45, 7) is 0. The Morgan fingerprint density at radius 2 is 0.414 bits per heavy atom. The fourth-order valence-electron chi connectivity index (χ4n) is 27.5. The molecule has 0 fully saturated rings. The van der Waals surface area contributed by atoms with Gasteiger partial charge in [0.25, 0.3) is 0 Å². The Balaban J connectivity index is 0.614. The molecule has 3 spiro atoms. The summed E-state index contributed by atoms with van der Waals surface area (Å²) in [5, 5.41) is 4.81. The van der Waals surface area contributed by atoms with Crippen LogP contribution in [-0.4, -0.2) is 9.13 Å². The molecule has 140 heavy (non-hydrogen) atoms. The molecule has 0 radical (unpaired) electrons. The maximum Gasteiger partial charge on any atom is 0.0755 e. The van der Waals surface area contributed by atoms with Crippen LogP contribution in [0.5, 0.6) is 0 Å². The lowest BCUT2D eigenvalue weighted by Crippen LogP contribution is -2.33. The van der Waals surface area contributed by atoms with E-state index in [1.807, 2.05) is 0 Å². The van der Waals surface area contributed by atoms with Gasteiger partial charge in [0.2, 0.25) is 0 Å². The summed E-state index contributed by atoms with van der Waals surface area (Å²) in [5.74, 6) is 0. The Morgan fingerprint density at radius 3 is 0.836 bits per heavy atom. The fourth-order valence-corrected chi connectivity index (χ4v) is 27.5. The van der Waals surface area contributed by atoms with Gasteiger partial charge in [-0.2, -0.15) is 0 Å². The van der Waals surface area contributed by atoms with Crippen molar-refractivity contribution in [3.05, 3.63) is 599 Å². The van der Waals surface area contributed by atoms with Crippen molar-refractivity contribution in [2.75, 3.05) is 9.80 Å². The van der Waals surface area contributed by atoms with Crippen LogP contribution in [0.15, 0.2) is 510 Å². The molecular formula is C136H84N4. The molecule has 0 saturated carbocycles. The number of nitrogens with zero attached hydrogens (tertiary/aromatic N) is 4. The van der Waals surface area contributed by atoms with Crippen molar-refractivity contribution in [2.24, 2.45) is 0 Å². The molecule has 24 aromatic rings. The topological polar surface area (TPSA) is 16.3 Å². The molecule has 4 nitrogen and oxygen atoms in total. The predicted molar refractivity (Wildman–Crippen MR) is 576 cm³/mol. The SMILES string of the molecule is c1ccc(-c2cccc(N(c3ccc4c(c3)C3(c5ccccc5-c5ccccc53)c3ccccc3-4)c3cc4c5c(c3)c3ccccc3n5-c3ccccc3C43c4ccccc4-c4ccc(-c5cccc(-c6cccc(N(c7ccc8c(c7)C(c7ccccc7)(c7ccccc7)c7ccccc7-8)c7cc8c9c(c7)c7ccccc7n9-c7ccccc7C87c8ccccc8-c8ccccc87)c6)c5)cc43)c2)cc1. The first-order valence-corrected chi connectivity index (χ1v) is 49.0. The molecule has 2 aliphatic heterocycles. The average Bonchev–Trinajstić information content (AvgIpc) is 1.54. The monoisotopic (exact) mass is 1770 g/mol. The predicted octanol–water partition coefficient (Wildman–Crippen LogP) is 33.9. The van der Waals surface area contributed by atoms with E-state index in [0.717, 1.165) is 67.5 Å². The maximum atomic E-state index is 2.61. The zero-order valence-electron chi connectivity index (χ0n) is 76.3. The highest BCUT2D eigenvalue weighted by molar-refractivity contribution is 6.17. The van der Waals surface area contributed by atoms with E-state index < -0.39 is 21.7 Å². The van der Waals surface area contributed by atoms with Crippen LogP contribution in [0.4, 0.5) is 34.1 Å². The van der Waals surface area contributed by atoms with Gasteiger partial charge in [-0.15, -0.1) is 0 Å². The van der Waals surface area contributed by atoms with Crippen LogP contribution in [0.25, 0.3) is 144 Å². The standard InChI is InChI=1S/C136H84N4/c1-4-35-85(36-5-1)88-39-33-45-93(76-88)137(96-71-74-108-105-53-15-22-59-116(105)134(124(108)82-96)114-57-20-11-47-99(114)100-48-12-21-58-115(100)134)98-80-112-110-55-18-29-66-128(110)140-130-68-31-27-64-121(130)136(126(84-98)132(112)140)119-62-25-16-52-104(119)106-72-69-90(78-122(106)136)87-38-32-37-86(75-87)89-40-34-46-94(77-89)138(95-70-73-107-103-51-10-19-56-113(103)133(123(107)81-95,91-41-6-2-7-42-91)92-43-8-3-9-44-92)97-79-111-109-54-17-28-65-127(109)139-129-67-30-26-63-120(129)135(125(83-97)131(111)139)117-60-23-13-49-101(117)102-50-14-24-61-118(102)135/h1-84H. The molecular weight excluding hydrogens is 1690 g/mol. The molecule has 0 saturated heterocycles. The molecule has 4 heteroatoms. The van der Waals surface area contributed by atoms with Crippen LogP contribution in [0, 0.1) is 0 Å². The number of anilines is 6. The molecule has 1 unspecified atom stereocenters. The van der Waals surface area contributed by atoms with Crippen molar-refractivity contribution in [3.63, 3.8) is 0 Å². The Hall–Kier alpha value is -18.0. The lowest BCUT2D eigenvalue weighted by Gasteiger charge is -2.40. The Labute approximate surface area is 811 Å². The fraction of sp³-hybridized carbons (Fsp3) is 0.0294. The van der Waals surface area contributed by atoms with Gasteiger partial charge in [0, 0.05) is 55.7 Å². The molecule has 0 amide bonds. The summed E-state index contributed by atoms with van der Waals surface area (Å²) in [6.07, 6.45) is 0. The minimum Gasteiger partial charge on any atom is -0.310 e. The molecule has 0 N–H and O–H groups in total. The van der Waals surface area contributed by atoms with Crippen molar-refractivity contribution in [1.82, 2.24) is 9.13 Å². The third kappa shape index (κ3) is 10.0. The van der Waals surface area contributed by atoms with Crippen LogP contribution >= 0.6 is 0 Å². The van der Waals surface area contributed by atoms with Gasteiger partial charge in [-0.1, -0.05) is 400 Å². The summed E-state index contributed by atoms with van der Waals surface area (Å²) in [5.41, 5.74) is 50.5. The van der Waals surface area contributed by atoms with E-state index in [-0.39, 0.29) is 0 Å². The number of hydrogen-bond acceptors (Lipinski definition) is 2. The number of benzene rings is 22. The van der Waals surface area contributed by atoms with E-state index in [9.17, 15) is 0 Å². The molecule has 22 aromatic carbocycles. The molecule has 5 aliphatic carbocycles. The van der Waals surface area contributed by atoms with E-state index in [1.165, 1.54) is 200 Å². The molecule has 1 atom stereocenters. The zero-order chi connectivity index (χ0) is 91.4. The van der Waals surface area contributed by atoms with Gasteiger partial charge < -0.3 is 18.9 Å². The zero-order valence-corrected chi connectivity index (χ0v) is 76.3. The second-order valence-electron chi connectivity index (χ2n) is 39.0. The summed E-state index contributed by atoms with van der Waals surface area (Å²) < 4.78 is 5.18. The van der Waals surface area contributed by atoms with E-state index in [1.54, 1.807) is 0 Å². The van der Waals surface area contributed by atoms with Crippen LogP contribution in [-0.2, 0) is 21.7 Å². The van der Waals surface area contributed by atoms with Crippen molar-refractivity contribution in [2.45, 2.75) is 21.7 Å². The van der Waals surface area contributed by atoms with Gasteiger partial charge in [-0.25, -0.2) is 0 Å². The lowest BCUT2D eigenvalue weighted by molar-refractivity contribution is 0.748. The van der Waals surface area contributed by atoms with E-state index in [2.05, 4.69) is 529 Å². The summed E-state index contributed by atoms with van der Waals surface area (Å²) in [6, 6.07) is 195. The van der Waals surface area contributed by atoms with Gasteiger partial charge >= 0.3 is 0 Å². The third-order valence-corrected chi connectivity index (χ3v) is 32.7. The number of fused-ring (bicyclic) bond motifs is 37. The first-order chi connectivity index (χ1) is 69.4. The van der Waals surface area contributed by atoms with Crippen molar-refractivity contribution < 1.29 is 0 Å². The molecule has 0 bridgehead atoms. The smallest absolute Gasteiger partial charge is 0.0755 e. The van der Waals surface area contributed by atoms with Gasteiger partial charge in [0.15, 0.2) is 0 Å². The van der Waals surface area contributed by atoms with Crippen molar-refractivity contribution in [1.29, 1.82) is 0 Å². The molecule has 648 valence electrons. The highest BCUT2D eigenvalue weighted by atomic mass is 15.2. The quantitative estimate of drug-likeness (QED) is 0.128. The number of rotatable bonds is 11. The van der Waals surface area contributed by atoms with Gasteiger partial charge in [-0.3, -0.25) is 0 Å². The highest BCUT2D eigenvalue weighted by Gasteiger charge is 2.56. The average molecular weight is 1770 g/mol. The maximum absolute atomic E-state index is 2.61. The van der Waals surface area contributed by atoms with Gasteiger partial charge in [0.1, 0.15) is 0 Å².